The van der Waals surface area contributed by atoms with Gasteiger partial charge in [0, 0.05) is 18.9 Å². The van der Waals surface area contributed by atoms with Gasteiger partial charge in [0.15, 0.2) is 0 Å². The standard InChI is InChI=1S/C22H27FN4O/c1-3-5-17(23)14(2)13-25-22(28)16-10-8-15(9-11-16)12-20-26-19-7-4-6-18(24)21(19)27-20/h3-7,15-16H,1-2,8-13,24H2,(H,25,28)(H,26,27)/b17-5+. The molecule has 2 aromatic rings. The number of hydrogen-bond acceptors (Lipinski definition) is 3. The number of H-pyrrole nitrogens is 1. The summed E-state index contributed by atoms with van der Waals surface area (Å²) in [4.78, 5) is 20.3. The van der Waals surface area contributed by atoms with Crippen molar-refractivity contribution in [3.05, 3.63) is 60.7 Å². The molecule has 1 aliphatic rings. The molecule has 0 radical (unpaired) electrons. The SMILES string of the molecule is C=C/C=C(/F)C(=C)CNC(=O)C1CCC(Cc2nc3c(N)cccc3[nH]2)CC1. The van der Waals surface area contributed by atoms with Gasteiger partial charge in [-0.2, -0.15) is 0 Å². The Hall–Kier alpha value is -2.89. The van der Waals surface area contributed by atoms with Crippen LogP contribution in [0.1, 0.15) is 31.5 Å². The van der Waals surface area contributed by atoms with Gasteiger partial charge < -0.3 is 16.0 Å². The molecule has 0 saturated heterocycles. The van der Waals surface area contributed by atoms with Gasteiger partial charge in [-0.3, -0.25) is 4.79 Å². The molecule has 3 rings (SSSR count). The highest BCUT2D eigenvalue weighted by molar-refractivity contribution is 5.86. The Balaban J connectivity index is 1.48. The average Bonchev–Trinajstić information content (AvgIpc) is 3.10. The van der Waals surface area contributed by atoms with Gasteiger partial charge in [-0.15, -0.1) is 0 Å². The summed E-state index contributed by atoms with van der Waals surface area (Å²) >= 11 is 0. The monoisotopic (exact) mass is 382 g/mol. The summed E-state index contributed by atoms with van der Waals surface area (Å²) < 4.78 is 13.6. The molecule has 1 fully saturated rings. The summed E-state index contributed by atoms with van der Waals surface area (Å²) in [6.07, 6.45) is 7.06. The lowest BCUT2D eigenvalue weighted by molar-refractivity contribution is -0.126. The number of aromatic nitrogens is 2. The first-order valence-corrected chi connectivity index (χ1v) is 9.65. The van der Waals surface area contributed by atoms with Gasteiger partial charge in [-0.05, 0) is 55.4 Å². The van der Waals surface area contributed by atoms with Crippen molar-refractivity contribution < 1.29 is 9.18 Å². The number of allylic oxidation sites excluding steroid dienone is 2. The first-order valence-electron chi connectivity index (χ1n) is 9.65. The van der Waals surface area contributed by atoms with E-state index in [0.29, 0.717) is 11.6 Å². The van der Waals surface area contributed by atoms with E-state index in [4.69, 9.17) is 5.73 Å². The zero-order valence-corrected chi connectivity index (χ0v) is 16.0. The number of halogens is 1. The number of carbonyl (C=O) groups is 1. The van der Waals surface area contributed by atoms with Crippen molar-refractivity contribution in [1.29, 1.82) is 0 Å². The molecule has 148 valence electrons. The van der Waals surface area contributed by atoms with Crippen LogP contribution in [0.2, 0.25) is 0 Å². The van der Waals surface area contributed by atoms with E-state index in [0.717, 1.165) is 49.0 Å². The first kappa shape index (κ1) is 19.9. The predicted octanol–water partition coefficient (Wildman–Crippen LogP) is 4.21. The van der Waals surface area contributed by atoms with Gasteiger partial charge in [0.1, 0.15) is 17.2 Å². The molecule has 0 aliphatic heterocycles. The predicted molar refractivity (Wildman–Crippen MR) is 111 cm³/mol. The summed E-state index contributed by atoms with van der Waals surface area (Å²) in [5.41, 5.74) is 8.69. The second kappa shape index (κ2) is 8.87. The van der Waals surface area contributed by atoms with Crippen LogP contribution < -0.4 is 11.1 Å². The maximum absolute atomic E-state index is 13.6. The normalized spacial score (nSPS) is 20.1. The minimum atomic E-state index is -0.453. The average molecular weight is 382 g/mol. The molecule has 0 atom stereocenters. The molecule has 1 aromatic heterocycles. The van der Waals surface area contributed by atoms with Gasteiger partial charge in [-0.25, -0.2) is 9.37 Å². The van der Waals surface area contributed by atoms with Crippen LogP contribution in [-0.2, 0) is 11.2 Å². The Morgan fingerprint density at radius 3 is 2.79 bits per heavy atom. The molecule has 1 saturated carbocycles. The number of carbonyl (C=O) groups excluding carboxylic acids is 1. The van der Waals surface area contributed by atoms with Crippen molar-refractivity contribution in [1.82, 2.24) is 15.3 Å². The van der Waals surface area contributed by atoms with Crippen molar-refractivity contribution in [2.24, 2.45) is 11.8 Å². The Bertz CT molecular complexity index is 906. The molecule has 0 bridgehead atoms. The summed E-state index contributed by atoms with van der Waals surface area (Å²) in [6, 6.07) is 5.74. The molecule has 1 aliphatic carbocycles. The Labute approximate surface area is 164 Å². The van der Waals surface area contributed by atoms with Crippen LogP contribution in [0.15, 0.2) is 54.9 Å². The fourth-order valence-electron chi connectivity index (χ4n) is 3.75. The van der Waals surface area contributed by atoms with Crippen LogP contribution >= 0.6 is 0 Å². The van der Waals surface area contributed by atoms with Crippen molar-refractivity contribution >= 4 is 22.6 Å². The quantitative estimate of drug-likeness (QED) is 0.495. The molecule has 1 amide bonds. The largest absolute Gasteiger partial charge is 0.397 e. The van der Waals surface area contributed by atoms with Crippen molar-refractivity contribution in [2.45, 2.75) is 32.1 Å². The number of imidazole rings is 1. The number of para-hydroxylation sites is 1. The molecule has 6 heteroatoms. The van der Waals surface area contributed by atoms with E-state index in [1.165, 1.54) is 12.2 Å². The zero-order valence-electron chi connectivity index (χ0n) is 16.0. The highest BCUT2D eigenvalue weighted by atomic mass is 19.1. The molecule has 1 heterocycles. The fraction of sp³-hybridized carbons (Fsp3) is 0.364. The van der Waals surface area contributed by atoms with E-state index in [-0.39, 0.29) is 23.9 Å². The van der Waals surface area contributed by atoms with Crippen molar-refractivity contribution in [2.75, 3.05) is 12.3 Å². The van der Waals surface area contributed by atoms with Gasteiger partial charge in [0.25, 0.3) is 0 Å². The number of hydrogen-bond donors (Lipinski definition) is 3. The number of nitrogen functional groups attached to an aromatic ring is 1. The number of amides is 1. The number of aromatic amines is 1. The van der Waals surface area contributed by atoms with Crippen LogP contribution in [0, 0.1) is 11.8 Å². The molecule has 1 aromatic carbocycles. The molecule has 5 nitrogen and oxygen atoms in total. The lowest BCUT2D eigenvalue weighted by atomic mass is 9.80. The fourth-order valence-corrected chi connectivity index (χ4v) is 3.75. The third-order valence-corrected chi connectivity index (χ3v) is 5.37. The topological polar surface area (TPSA) is 83.8 Å². The second-order valence-corrected chi connectivity index (χ2v) is 7.42. The lowest BCUT2D eigenvalue weighted by Crippen LogP contribution is -2.34. The smallest absolute Gasteiger partial charge is 0.223 e. The van der Waals surface area contributed by atoms with Crippen LogP contribution in [0.4, 0.5) is 10.1 Å². The number of rotatable bonds is 7. The molecular formula is C22H27FN4O. The lowest BCUT2D eigenvalue weighted by Gasteiger charge is -2.27. The van der Waals surface area contributed by atoms with Crippen LogP contribution in [0.5, 0.6) is 0 Å². The van der Waals surface area contributed by atoms with E-state index >= 15 is 0 Å². The molecule has 0 unspecified atom stereocenters. The van der Waals surface area contributed by atoms with Crippen molar-refractivity contribution in [3.8, 4) is 0 Å². The van der Waals surface area contributed by atoms with Crippen molar-refractivity contribution in [3.63, 3.8) is 0 Å². The number of fused-ring (bicyclic) bond motifs is 1. The van der Waals surface area contributed by atoms with E-state index < -0.39 is 5.83 Å². The van der Waals surface area contributed by atoms with E-state index in [9.17, 15) is 9.18 Å². The summed E-state index contributed by atoms with van der Waals surface area (Å²) in [7, 11) is 0. The third-order valence-electron chi connectivity index (χ3n) is 5.37. The maximum atomic E-state index is 13.6. The summed E-state index contributed by atoms with van der Waals surface area (Å²) in [5.74, 6) is 0.935. The third kappa shape index (κ3) is 4.68. The highest BCUT2D eigenvalue weighted by Gasteiger charge is 2.27. The Morgan fingerprint density at radius 1 is 1.36 bits per heavy atom. The molecule has 28 heavy (non-hydrogen) atoms. The molecule has 0 spiro atoms. The number of nitrogens with one attached hydrogen (secondary N) is 2. The maximum Gasteiger partial charge on any atom is 0.223 e. The number of nitrogens with two attached hydrogens (primary N) is 1. The molecular weight excluding hydrogens is 355 g/mol. The highest BCUT2D eigenvalue weighted by Crippen LogP contribution is 2.31. The number of benzene rings is 1. The minimum Gasteiger partial charge on any atom is -0.397 e. The summed E-state index contributed by atoms with van der Waals surface area (Å²) in [6.45, 7) is 7.22. The van der Waals surface area contributed by atoms with E-state index in [2.05, 4.69) is 28.4 Å². The Morgan fingerprint density at radius 2 is 2.11 bits per heavy atom. The molecule has 4 N–H and O–H groups in total. The second-order valence-electron chi connectivity index (χ2n) is 7.42. The van der Waals surface area contributed by atoms with Gasteiger partial charge in [-0.1, -0.05) is 25.3 Å². The number of nitrogens with zero attached hydrogens (tertiary/aromatic N) is 1. The van der Waals surface area contributed by atoms with Crippen LogP contribution in [0.25, 0.3) is 11.0 Å². The van der Waals surface area contributed by atoms with Gasteiger partial charge in [0.2, 0.25) is 5.91 Å². The van der Waals surface area contributed by atoms with Gasteiger partial charge >= 0.3 is 0 Å². The van der Waals surface area contributed by atoms with E-state index in [1.807, 2.05) is 18.2 Å². The van der Waals surface area contributed by atoms with E-state index in [1.54, 1.807) is 0 Å². The first-order chi connectivity index (χ1) is 13.5. The zero-order chi connectivity index (χ0) is 20.1. The van der Waals surface area contributed by atoms with Crippen LogP contribution in [0.3, 0.4) is 0 Å². The number of anilines is 1. The van der Waals surface area contributed by atoms with Crippen LogP contribution in [-0.4, -0.2) is 22.4 Å². The minimum absolute atomic E-state index is 0.0255. The van der Waals surface area contributed by atoms with Gasteiger partial charge in [0.05, 0.1) is 11.2 Å². The summed E-state index contributed by atoms with van der Waals surface area (Å²) in [5, 5.41) is 2.79. The Kier molecular flexibility index (Phi) is 6.29.